The van der Waals surface area contributed by atoms with Gasteiger partial charge >= 0.3 is 17.6 Å². The lowest BCUT2D eigenvalue weighted by Gasteiger charge is -2.37. The Morgan fingerprint density at radius 1 is 0.808 bits per heavy atom. The molecule has 1 unspecified atom stereocenters. The van der Waals surface area contributed by atoms with Crippen molar-refractivity contribution in [2.24, 2.45) is 0 Å². The molecule has 1 N–H and O–H groups in total. The van der Waals surface area contributed by atoms with Crippen LogP contribution in [0.15, 0.2) is 0 Å². The van der Waals surface area contributed by atoms with Crippen molar-refractivity contribution in [1.82, 2.24) is 10.2 Å². The third kappa shape index (κ3) is 6.93. The molecule has 0 saturated carbocycles. The molecule has 1 atom stereocenters. The number of nitrogens with one attached hydrogen (secondary N) is 1. The molecule has 0 amide bonds. The molecular formula is C16H38N2O6Si2. The summed E-state index contributed by atoms with van der Waals surface area (Å²) in [6, 6.07) is 2.19. The molecule has 26 heavy (non-hydrogen) atoms. The second kappa shape index (κ2) is 12.5. The molecule has 0 bridgehead atoms. The highest BCUT2D eigenvalue weighted by molar-refractivity contribution is 6.60. The van der Waals surface area contributed by atoms with E-state index in [0.29, 0.717) is 6.04 Å². The summed E-state index contributed by atoms with van der Waals surface area (Å²) in [7, 11) is 5.08. The van der Waals surface area contributed by atoms with Gasteiger partial charge in [-0.05, 0) is 25.8 Å². The van der Waals surface area contributed by atoms with Gasteiger partial charge in [0.15, 0.2) is 0 Å². The van der Waals surface area contributed by atoms with Gasteiger partial charge in [0.2, 0.25) is 0 Å². The fraction of sp³-hybridized carbons (Fsp3) is 1.00. The number of piperazine rings is 1. The molecule has 1 aliphatic heterocycles. The van der Waals surface area contributed by atoms with Gasteiger partial charge in [-0.15, -0.1) is 0 Å². The fourth-order valence-corrected chi connectivity index (χ4v) is 7.00. The summed E-state index contributed by atoms with van der Waals surface area (Å²) in [6.07, 6.45) is 3.13. The van der Waals surface area contributed by atoms with E-state index in [1.807, 2.05) is 0 Å². The third-order valence-electron chi connectivity index (χ3n) is 5.29. The van der Waals surface area contributed by atoms with Gasteiger partial charge in [0.1, 0.15) is 0 Å². The van der Waals surface area contributed by atoms with E-state index in [9.17, 15) is 0 Å². The summed E-state index contributed by atoms with van der Waals surface area (Å²) < 4.78 is 33.1. The SMILES string of the molecule is CO[Si](CCCC1CNCCN1CCC[Si](OC)(OC)OC)(OC)OC. The Balaban J connectivity index is 2.46. The zero-order valence-corrected chi connectivity index (χ0v) is 19.3. The van der Waals surface area contributed by atoms with Gasteiger partial charge in [0.05, 0.1) is 0 Å². The first-order valence-corrected chi connectivity index (χ1v) is 13.2. The van der Waals surface area contributed by atoms with Crippen molar-refractivity contribution in [3.8, 4) is 0 Å². The van der Waals surface area contributed by atoms with Crippen LogP contribution >= 0.6 is 0 Å². The van der Waals surface area contributed by atoms with E-state index in [0.717, 1.165) is 57.5 Å². The Bertz CT molecular complexity index is 322. The first-order chi connectivity index (χ1) is 12.5. The monoisotopic (exact) mass is 410 g/mol. The Labute approximate surface area is 161 Å². The molecule has 10 heteroatoms. The normalized spacial score (nSPS) is 19.8. The minimum atomic E-state index is -2.48. The van der Waals surface area contributed by atoms with Crippen LogP contribution in [-0.4, -0.2) is 97.4 Å². The van der Waals surface area contributed by atoms with E-state index in [2.05, 4.69) is 10.2 Å². The molecule has 0 aliphatic carbocycles. The van der Waals surface area contributed by atoms with Crippen molar-refractivity contribution in [1.29, 1.82) is 0 Å². The van der Waals surface area contributed by atoms with Gasteiger partial charge in [-0.3, -0.25) is 4.90 Å². The lowest BCUT2D eigenvalue weighted by Crippen LogP contribution is -2.52. The molecular weight excluding hydrogens is 372 g/mol. The average Bonchev–Trinajstić information content (AvgIpc) is 2.70. The van der Waals surface area contributed by atoms with Crippen LogP contribution in [0.2, 0.25) is 12.1 Å². The van der Waals surface area contributed by atoms with Crippen molar-refractivity contribution in [2.75, 3.05) is 68.8 Å². The minimum absolute atomic E-state index is 0.518. The zero-order valence-electron chi connectivity index (χ0n) is 17.3. The predicted molar refractivity (Wildman–Crippen MR) is 105 cm³/mol. The first-order valence-electron chi connectivity index (χ1n) is 9.30. The number of hydrogen-bond donors (Lipinski definition) is 1. The fourth-order valence-electron chi connectivity index (χ4n) is 3.55. The number of rotatable bonds is 14. The summed E-state index contributed by atoms with van der Waals surface area (Å²) in [5.41, 5.74) is 0. The van der Waals surface area contributed by atoms with Gasteiger partial charge in [0, 0.05) is 80.4 Å². The summed E-state index contributed by atoms with van der Waals surface area (Å²) in [4.78, 5) is 2.56. The number of hydrogen-bond acceptors (Lipinski definition) is 8. The van der Waals surface area contributed by atoms with Crippen molar-refractivity contribution in [3.05, 3.63) is 0 Å². The molecule has 0 aromatic heterocycles. The van der Waals surface area contributed by atoms with Crippen molar-refractivity contribution >= 4 is 17.6 Å². The molecule has 156 valence electrons. The highest BCUT2D eigenvalue weighted by atomic mass is 28.4. The molecule has 0 aromatic carbocycles. The Morgan fingerprint density at radius 2 is 1.31 bits per heavy atom. The van der Waals surface area contributed by atoms with E-state index < -0.39 is 17.6 Å². The zero-order chi connectivity index (χ0) is 19.5. The lowest BCUT2D eigenvalue weighted by molar-refractivity contribution is 0.112. The second-order valence-corrected chi connectivity index (χ2v) is 12.7. The summed E-state index contributed by atoms with van der Waals surface area (Å²) in [5, 5.41) is 3.51. The molecule has 8 nitrogen and oxygen atoms in total. The van der Waals surface area contributed by atoms with Gasteiger partial charge in [0.25, 0.3) is 0 Å². The topological polar surface area (TPSA) is 70.7 Å². The van der Waals surface area contributed by atoms with Crippen LogP contribution in [0.1, 0.15) is 19.3 Å². The summed E-state index contributed by atoms with van der Waals surface area (Å²) in [6.45, 7) is 4.14. The Kier molecular flexibility index (Phi) is 11.7. The van der Waals surface area contributed by atoms with Crippen LogP contribution < -0.4 is 5.32 Å². The van der Waals surface area contributed by atoms with E-state index in [-0.39, 0.29) is 0 Å². The van der Waals surface area contributed by atoms with Crippen LogP contribution in [0, 0.1) is 0 Å². The Hall–Kier alpha value is 0.114. The third-order valence-corrected chi connectivity index (χ3v) is 11.0. The maximum absolute atomic E-state index is 5.52. The number of nitrogens with zero attached hydrogens (tertiary/aromatic N) is 1. The molecule has 0 spiro atoms. The average molecular weight is 411 g/mol. The van der Waals surface area contributed by atoms with E-state index in [1.165, 1.54) is 0 Å². The predicted octanol–water partition coefficient (Wildman–Crippen LogP) is 1.19. The molecule has 1 saturated heterocycles. The van der Waals surface area contributed by atoms with E-state index >= 15 is 0 Å². The highest BCUT2D eigenvalue weighted by Crippen LogP contribution is 2.21. The standard InChI is InChI=1S/C16H38N2O6Si2/c1-19-25(20-2,21-3)13-7-9-16-15-17-10-12-18(16)11-8-14-26(22-4,23-5)24-6/h16-17H,7-15H2,1-6H3. The van der Waals surface area contributed by atoms with Crippen LogP contribution in [0.4, 0.5) is 0 Å². The first kappa shape index (κ1) is 24.2. The second-order valence-electron chi connectivity index (χ2n) is 6.48. The largest absolute Gasteiger partial charge is 0.500 e. The maximum Gasteiger partial charge on any atom is 0.500 e. The molecule has 0 aromatic rings. The van der Waals surface area contributed by atoms with Crippen molar-refractivity contribution < 1.29 is 26.6 Å². The van der Waals surface area contributed by atoms with Gasteiger partial charge in [-0.25, -0.2) is 0 Å². The molecule has 1 aliphatic rings. The van der Waals surface area contributed by atoms with Gasteiger partial charge < -0.3 is 31.9 Å². The maximum atomic E-state index is 5.52. The van der Waals surface area contributed by atoms with Gasteiger partial charge in [-0.1, -0.05) is 0 Å². The minimum Gasteiger partial charge on any atom is -0.377 e. The smallest absolute Gasteiger partial charge is 0.377 e. The molecule has 1 fully saturated rings. The molecule has 0 radical (unpaired) electrons. The summed E-state index contributed by atoms with van der Waals surface area (Å²) in [5.74, 6) is 0. The van der Waals surface area contributed by atoms with E-state index in [1.54, 1.807) is 42.7 Å². The van der Waals surface area contributed by atoms with Crippen LogP contribution in [0.5, 0.6) is 0 Å². The molecule has 1 heterocycles. The summed E-state index contributed by atoms with van der Waals surface area (Å²) >= 11 is 0. The lowest BCUT2D eigenvalue weighted by atomic mass is 10.1. The highest BCUT2D eigenvalue weighted by Gasteiger charge is 2.38. The van der Waals surface area contributed by atoms with E-state index in [4.69, 9.17) is 26.6 Å². The van der Waals surface area contributed by atoms with Crippen LogP contribution in [-0.2, 0) is 26.6 Å². The van der Waals surface area contributed by atoms with Crippen LogP contribution in [0.3, 0.4) is 0 Å². The Morgan fingerprint density at radius 3 is 1.81 bits per heavy atom. The quantitative estimate of drug-likeness (QED) is 0.428. The van der Waals surface area contributed by atoms with Crippen molar-refractivity contribution in [3.63, 3.8) is 0 Å². The van der Waals surface area contributed by atoms with Gasteiger partial charge in [-0.2, -0.15) is 0 Å². The van der Waals surface area contributed by atoms with Crippen molar-refractivity contribution in [2.45, 2.75) is 37.4 Å². The van der Waals surface area contributed by atoms with Crippen LogP contribution in [0.25, 0.3) is 0 Å². The molecule has 1 rings (SSSR count).